The Kier molecular flexibility index (Phi) is 6.51. The van der Waals surface area contributed by atoms with Crippen molar-refractivity contribution in [1.82, 2.24) is 4.98 Å². The van der Waals surface area contributed by atoms with Crippen LogP contribution in [0.15, 0.2) is 54.6 Å². The van der Waals surface area contributed by atoms with E-state index in [0.717, 1.165) is 21.3 Å². The predicted octanol–water partition coefficient (Wildman–Crippen LogP) is 5.79. The second-order valence-electron chi connectivity index (χ2n) is 7.72. The molecule has 0 aliphatic rings. The number of aryl methyl sites for hydroxylation is 2. The molecule has 170 valence electrons. The predicted molar refractivity (Wildman–Crippen MR) is 132 cm³/mol. The molecule has 6 nitrogen and oxygen atoms in total. The van der Waals surface area contributed by atoms with Crippen LogP contribution in [0.1, 0.15) is 27.0 Å². The molecular formula is C26H26N2O4S. The van der Waals surface area contributed by atoms with Gasteiger partial charge in [0.15, 0.2) is 16.6 Å². The van der Waals surface area contributed by atoms with Crippen LogP contribution in [0.5, 0.6) is 17.2 Å². The van der Waals surface area contributed by atoms with E-state index in [0.29, 0.717) is 34.5 Å². The van der Waals surface area contributed by atoms with Gasteiger partial charge < -0.3 is 14.2 Å². The normalized spacial score (nSPS) is 10.8. The molecule has 4 aromatic rings. The van der Waals surface area contributed by atoms with Gasteiger partial charge in [-0.1, -0.05) is 47.7 Å². The fourth-order valence-electron chi connectivity index (χ4n) is 3.83. The van der Waals surface area contributed by atoms with Crippen molar-refractivity contribution in [1.29, 1.82) is 0 Å². The van der Waals surface area contributed by atoms with Crippen LogP contribution < -0.4 is 19.1 Å². The third-order valence-electron chi connectivity index (χ3n) is 5.39. The van der Waals surface area contributed by atoms with E-state index in [1.165, 1.54) is 38.2 Å². The number of thiazole rings is 1. The van der Waals surface area contributed by atoms with Crippen LogP contribution in [0, 0.1) is 13.8 Å². The van der Waals surface area contributed by atoms with Crippen molar-refractivity contribution in [2.75, 3.05) is 26.2 Å². The number of aromatic nitrogens is 1. The lowest BCUT2D eigenvalue weighted by molar-refractivity contribution is 0.0984. The van der Waals surface area contributed by atoms with Crippen molar-refractivity contribution >= 4 is 32.6 Å². The van der Waals surface area contributed by atoms with Crippen molar-refractivity contribution in [3.63, 3.8) is 0 Å². The molecule has 0 spiro atoms. The summed E-state index contributed by atoms with van der Waals surface area (Å²) in [5, 5.41) is 0.640. The van der Waals surface area contributed by atoms with Crippen LogP contribution in [0.4, 0.5) is 5.13 Å². The number of amides is 1. The zero-order valence-electron chi connectivity index (χ0n) is 19.3. The molecule has 7 heteroatoms. The lowest BCUT2D eigenvalue weighted by Gasteiger charge is -2.21. The van der Waals surface area contributed by atoms with Crippen molar-refractivity contribution in [2.24, 2.45) is 0 Å². The van der Waals surface area contributed by atoms with Crippen molar-refractivity contribution < 1.29 is 19.0 Å². The highest BCUT2D eigenvalue weighted by molar-refractivity contribution is 7.22. The highest BCUT2D eigenvalue weighted by atomic mass is 32.1. The monoisotopic (exact) mass is 462 g/mol. The number of anilines is 1. The van der Waals surface area contributed by atoms with Crippen LogP contribution in [-0.2, 0) is 6.54 Å². The van der Waals surface area contributed by atoms with Gasteiger partial charge in [0.1, 0.15) is 0 Å². The first-order valence-corrected chi connectivity index (χ1v) is 11.3. The minimum absolute atomic E-state index is 0.202. The number of benzene rings is 3. The lowest BCUT2D eigenvalue weighted by atomic mass is 10.1. The van der Waals surface area contributed by atoms with Crippen molar-refractivity contribution in [3.8, 4) is 17.2 Å². The fourth-order valence-corrected chi connectivity index (χ4v) is 4.97. The third kappa shape index (κ3) is 4.50. The molecule has 0 N–H and O–H groups in total. The summed E-state index contributed by atoms with van der Waals surface area (Å²) in [6.07, 6.45) is 0. The Morgan fingerprint density at radius 1 is 0.939 bits per heavy atom. The Hall–Kier alpha value is -3.58. The first-order chi connectivity index (χ1) is 15.9. The molecule has 0 unspecified atom stereocenters. The fraction of sp³-hybridized carbons (Fsp3) is 0.231. The topological polar surface area (TPSA) is 60.9 Å². The number of carbonyl (C=O) groups excluding carboxylic acids is 1. The molecule has 0 bridgehead atoms. The highest BCUT2D eigenvalue weighted by Gasteiger charge is 2.25. The zero-order chi connectivity index (χ0) is 23.5. The second-order valence-corrected chi connectivity index (χ2v) is 8.73. The van der Waals surface area contributed by atoms with Crippen LogP contribution >= 0.6 is 11.3 Å². The molecule has 33 heavy (non-hydrogen) atoms. The van der Waals surface area contributed by atoms with E-state index in [-0.39, 0.29) is 5.91 Å². The van der Waals surface area contributed by atoms with Crippen LogP contribution in [0.3, 0.4) is 0 Å². The summed E-state index contributed by atoms with van der Waals surface area (Å²) >= 11 is 1.51. The number of hydrogen-bond donors (Lipinski definition) is 0. The molecule has 0 aliphatic carbocycles. The first-order valence-electron chi connectivity index (χ1n) is 10.5. The zero-order valence-corrected chi connectivity index (χ0v) is 20.2. The Labute approximate surface area is 197 Å². The molecule has 4 rings (SSSR count). The van der Waals surface area contributed by atoms with Gasteiger partial charge in [0.25, 0.3) is 5.91 Å². The number of rotatable bonds is 7. The summed E-state index contributed by atoms with van der Waals surface area (Å²) in [6, 6.07) is 17.4. The maximum atomic E-state index is 13.9. The van der Waals surface area contributed by atoms with Crippen LogP contribution in [0.2, 0.25) is 0 Å². The van der Waals surface area contributed by atoms with E-state index in [4.69, 9.17) is 19.2 Å². The van der Waals surface area contributed by atoms with Gasteiger partial charge in [0, 0.05) is 5.56 Å². The van der Waals surface area contributed by atoms with Gasteiger partial charge in [-0.2, -0.15) is 0 Å². The summed E-state index contributed by atoms with van der Waals surface area (Å²) in [5.41, 5.74) is 4.60. The number of fused-ring (bicyclic) bond motifs is 1. The summed E-state index contributed by atoms with van der Waals surface area (Å²) in [7, 11) is 4.60. The van der Waals surface area contributed by atoms with E-state index in [2.05, 4.69) is 19.1 Å². The Morgan fingerprint density at radius 2 is 1.61 bits per heavy atom. The van der Waals surface area contributed by atoms with E-state index >= 15 is 0 Å². The summed E-state index contributed by atoms with van der Waals surface area (Å²) in [4.78, 5) is 20.4. The molecule has 1 amide bonds. The number of nitrogens with zero attached hydrogens (tertiary/aromatic N) is 2. The summed E-state index contributed by atoms with van der Waals surface area (Å²) in [6.45, 7) is 4.49. The molecule has 0 saturated carbocycles. The molecule has 0 saturated heterocycles. The van der Waals surface area contributed by atoms with Gasteiger partial charge >= 0.3 is 0 Å². The minimum atomic E-state index is -0.202. The SMILES string of the molecule is COc1cc(C(=O)N(Cc2ccccc2)c2nc3c(C)cc(C)cc3s2)cc(OC)c1OC. The first kappa shape index (κ1) is 22.6. The smallest absolute Gasteiger partial charge is 0.260 e. The van der Waals surface area contributed by atoms with Gasteiger partial charge in [-0.05, 0) is 48.7 Å². The molecule has 3 aromatic carbocycles. The number of carbonyl (C=O) groups is 1. The average Bonchev–Trinajstić information content (AvgIpc) is 3.25. The van der Waals surface area contributed by atoms with Crippen molar-refractivity contribution in [2.45, 2.75) is 20.4 Å². The van der Waals surface area contributed by atoms with E-state index in [1.54, 1.807) is 17.0 Å². The van der Waals surface area contributed by atoms with Crippen LogP contribution in [-0.4, -0.2) is 32.2 Å². The number of methoxy groups -OCH3 is 3. The quantitative estimate of drug-likeness (QED) is 0.348. The molecule has 1 aromatic heterocycles. The van der Waals surface area contributed by atoms with Gasteiger partial charge in [-0.3, -0.25) is 9.69 Å². The van der Waals surface area contributed by atoms with Crippen LogP contribution in [0.25, 0.3) is 10.2 Å². The van der Waals surface area contributed by atoms with E-state index in [9.17, 15) is 4.79 Å². The lowest BCUT2D eigenvalue weighted by Crippen LogP contribution is -2.30. The molecule has 0 radical (unpaired) electrons. The van der Waals surface area contributed by atoms with Gasteiger partial charge in [-0.25, -0.2) is 4.98 Å². The molecule has 1 heterocycles. The Bertz CT molecular complexity index is 1280. The minimum Gasteiger partial charge on any atom is -0.493 e. The van der Waals surface area contributed by atoms with Crippen molar-refractivity contribution in [3.05, 3.63) is 76.9 Å². The maximum Gasteiger partial charge on any atom is 0.260 e. The maximum absolute atomic E-state index is 13.9. The Morgan fingerprint density at radius 3 is 2.21 bits per heavy atom. The van der Waals surface area contributed by atoms with Gasteiger partial charge in [-0.15, -0.1) is 0 Å². The number of hydrogen-bond acceptors (Lipinski definition) is 6. The highest BCUT2D eigenvalue weighted by Crippen LogP contribution is 2.39. The summed E-state index contributed by atoms with van der Waals surface area (Å²) in [5.74, 6) is 1.09. The molecular weight excluding hydrogens is 436 g/mol. The third-order valence-corrected chi connectivity index (χ3v) is 6.42. The molecule has 0 aliphatic heterocycles. The number of ether oxygens (including phenoxy) is 3. The van der Waals surface area contributed by atoms with Gasteiger partial charge in [0.05, 0.1) is 38.1 Å². The average molecular weight is 463 g/mol. The van der Waals surface area contributed by atoms with E-state index < -0.39 is 0 Å². The summed E-state index contributed by atoms with van der Waals surface area (Å²) < 4.78 is 17.4. The standard InChI is InChI=1S/C26H26N2O4S/c1-16-11-17(2)23-22(12-16)33-26(27-23)28(15-18-9-7-6-8-10-18)25(29)19-13-20(30-3)24(32-5)21(14-19)31-4/h6-14H,15H2,1-5H3. The molecule has 0 fully saturated rings. The van der Waals surface area contributed by atoms with Gasteiger partial charge in [0.2, 0.25) is 5.75 Å². The molecule has 0 atom stereocenters. The largest absolute Gasteiger partial charge is 0.493 e. The Balaban J connectivity index is 1.83. The van der Waals surface area contributed by atoms with E-state index in [1.807, 2.05) is 37.3 Å². The second kappa shape index (κ2) is 9.50.